The zero-order valence-electron chi connectivity index (χ0n) is 11.8. The number of hydrogen-bond acceptors (Lipinski definition) is 3. The first-order chi connectivity index (χ1) is 8.61. The van der Waals surface area contributed by atoms with E-state index in [1.54, 1.807) is 0 Å². The molecule has 1 saturated carbocycles. The van der Waals surface area contributed by atoms with Gasteiger partial charge < -0.3 is 15.5 Å². The Bertz CT molecular complexity index is 287. The lowest BCUT2D eigenvalue weighted by Gasteiger charge is -2.37. The average molecular weight is 253 g/mol. The number of rotatable bonds is 3. The van der Waals surface area contributed by atoms with Crippen LogP contribution in [0.4, 0.5) is 0 Å². The maximum Gasteiger partial charge on any atom is 0.225 e. The van der Waals surface area contributed by atoms with Crippen LogP contribution in [0.25, 0.3) is 0 Å². The molecule has 0 aromatic rings. The van der Waals surface area contributed by atoms with E-state index < -0.39 is 0 Å². The van der Waals surface area contributed by atoms with Gasteiger partial charge in [0.2, 0.25) is 5.91 Å². The highest BCUT2D eigenvalue weighted by Crippen LogP contribution is 2.27. The van der Waals surface area contributed by atoms with Crippen LogP contribution in [0.5, 0.6) is 0 Å². The second kappa shape index (κ2) is 6.02. The Balaban J connectivity index is 1.84. The molecular formula is C14H27N3O. The van der Waals surface area contributed by atoms with E-state index in [1.165, 1.54) is 0 Å². The summed E-state index contributed by atoms with van der Waals surface area (Å²) in [5.74, 6) is 0.520. The van der Waals surface area contributed by atoms with Gasteiger partial charge in [-0.25, -0.2) is 0 Å². The van der Waals surface area contributed by atoms with Crippen molar-refractivity contribution in [2.45, 2.75) is 51.1 Å². The molecule has 2 rings (SSSR count). The van der Waals surface area contributed by atoms with Gasteiger partial charge in [-0.3, -0.25) is 4.79 Å². The molecule has 2 atom stereocenters. The Kier molecular flexibility index (Phi) is 4.62. The number of carbonyl (C=O) groups is 1. The zero-order valence-corrected chi connectivity index (χ0v) is 11.8. The molecule has 18 heavy (non-hydrogen) atoms. The molecule has 0 aromatic carbocycles. The highest BCUT2D eigenvalue weighted by Gasteiger charge is 2.33. The van der Waals surface area contributed by atoms with E-state index in [9.17, 15) is 4.79 Å². The molecule has 1 aliphatic heterocycles. The van der Waals surface area contributed by atoms with E-state index in [0.29, 0.717) is 11.9 Å². The van der Waals surface area contributed by atoms with Gasteiger partial charge >= 0.3 is 0 Å². The Morgan fingerprint density at radius 3 is 2.44 bits per heavy atom. The second-order valence-electron chi connectivity index (χ2n) is 5.88. The van der Waals surface area contributed by atoms with Gasteiger partial charge in [-0.15, -0.1) is 0 Å². The first-order valence-corrected chi connectivity index (χ1v) is 7.36. The molecule has 4 heteroatoms. The van der Waals surface area contributed by atoms with E-state index in [2.05, 4.69) is 11.8 Å². The topological polar surface area (TPSA) is 49.6 Å². The quantitative estimate of drug-likeness (QED) is 0.818. The molecule has 0 spiro atoms. The number of hydrogen-bond donors (Lipinski definition) is 1. The van der Waals surface area contributed by atoms with Gasteiger partial charge in [0.15, 0.2) is 0 Å². The van der Waals surface area contributed by atoms with Gasteiger partial charge in [-0.2, -0.15) is 0 Å². The lowest BCUT2D eigenvalue weighted by molar-refractivity contribution is -0.137. The molecule has 2 N–H and O–H groups in total. The fraction of sp³-hybridized carbons (Fsp3) is 0.929. The van der Waals surface area contributed by atoms with Crippen LogP contribution in [0.3, 0.4) is 0 Å². The van der Waals surface area contributed by atoms with Gasteiger partial charge in [0.25, 0.3) is 0 Å². The molecular weight excluding hydrogens is 226 g/mol. The van der Waals surface area contributed by atoms with Crippen LogP contribution >= 0.6 is 0 Å². The van der Waals surface area contributed by atoms with Gasteiger partial charge in [0.1, 0.15) is 0 Å². The Labute approximate surface area is 110 Å². The smallest absolute Gasteiger partial charge is 0.225 e. The normalized spacial score (nSPS) is 30.6. The first kappa shape index (κ1) is 13.8. The minimum atomic E-state index is 0.189. The van der Waals surface area contributed by atoms with Gasteiger partial charge in [-0.05, 0) is 38.6 Å². The second-order valence-corrected chi connectivity index (χ2v) is 5.88. The number of nitrogens with zero attached hydrogens (tertiary/aromatic N) is 2. The Morgan fingerprint density at radius 1 is 1.28 bits per heavy atom. The molecule has 4 nitrogen and oxygen atoms in total. The fourth-order valence-electron chi connectivity index (χ4n) is 3.33. The maximum absolute atomic E-state index is 12.4. The van der Waals surface area contributed by atoms with Crippen molar-refractivity contribution in [2.75, 3.05) is 26.7 Å². The Hall–Kier alpha value is -0.610. The van der Waals surface area contributed by atoms with Gasteiger partial charge in [0, 0.05) is 38.1 Å². The standard InChI is InChI=1S/C14H27N3O/c1-3-17-8-6-13(7-9-17)16(2)14(18)11-4-5-12(15)10-11/h11-13H,3-10,15H2,1-2H3. The van der Waals surface area contributed by atoms with Gasteiger partial charge in [0.05, 0.1) is 0 Å². The molecule has 104 valence electrons. The van der Waals surface area contributed by atoms with E-state index in [-0.39, 0.29) is 12.0 Å². The number of likely N-dealkylation sites (tertiary alicyclic amines) is 1. The SMILES string of the molecule is CCN1CCC(N(C)C(=O)C2CCC(N)C2)CC1. The molecule has 2 fully saturated rings. The Morgan fingerprint density at radius 2 is 1.94 bits per heavy atom. The van der Waals surface area contributed by atoms with E-state index >= 15 is 0 Å². The van der Waals surface area contributed by atoms with Crippen molar-refractivity contribution in [1.82, 2.24) is 9.80 Å². The summed E-state index contributed by atoms with van der Waals surface area (Å²) in [6.07, 6.45) is 5.12. The van der Waals surface area contributed by atoms with Crippen LogP contribution in [-0.4, -0.2) is 54.5 Å². The number of carbonyl (C=O) groups excluding carboxylic acids is 1. The van der Waals surface area contributed by atoms with Crippen molar-refractivity contribution >= 4 is 5.91 Å². The zero-order chi connectivity index (χ0) is 13.1. The molecule has 0 aromatic heterocycles. The monoisotopic (exact) mass is 253 g/mol. The van der Waals surface area contributed by atoms with E-state index in [1.807, 2.05) is 11.9 Å². The summed E-state index contributed by atoms with van der Waals surface area (Å²) in [7, 11) is 1.98. The van der Waals surface area contributed by atoms with E-state index in [0.717, 1.165) is 51.7 Å². The first-order valence-electron chi connectivity index (χ1n) is 7.36. The highest BCUT2D eigenvalue weighted by molar-refractivity contribution is 5.79. The third kappa shape index (κ3) is 3.04. The number of nitrogens with two attached hydrogens (primary N) is 1. The van der Waals surface area contributed by atoms with Crippen LogP contribution in [0.2, 0.25) is 0 Å². The summed E-state index contributed by atoms with van der Waals surface area (Å²) in [4.78, 5) is 16.9. The van der Waals surface area contributed by atoms with Crippen LogP contribution < -0.4 is 5.73 Å². The fourth-order valence-corrected chi connectivity index (χ4v) is 3.33. The molecule has 0 radical (unpaired) electrons. The van der Waals surface area contributed by atoms with Crippen LogP contribution in [0.1, 0.15) is 39.0 Å². The summed E-state index contributed by atoms with van der Waals surface area (Å²) in [5, 5.41) is 0. The third-order valence-corrected chi connectivity index (χ3v) is 4.72. The summed E-state index contributed by atoms with van der Waals surface area (Å²) < 4.78 is 0. The largest absolute Gasteiger partial charge is 0.342 e. The van der Waals surface area contributed by atoms with Gasteiger partial charge in [-0.1, -0.05) is 6.92 Å². The summed E-state index contributed by atoms with van der Waals surface area (Å²) in [6, 6.07) is 0.686. The highest BCUT2D eigenvalue weighted by atomic mass is 16.2. The maximum atomic E-state index is 12.4. The minimum absolute atomic E-state index is 0.189. The predicted octanol–water partition coefficient (Wildman–Crippen LogP) is 1.06. The minimum Gasteiger partial charge on any atom is -0.342 e. The van der Waals surface area contributed by atoms with Crippen molar-refractivity contribution in [3.05, 3.63) is 0 Å². The summed E-state index contributed by atoms with van der Waals surface area (Å²) in [5.41, 5.74) is 5.90. The average Bonchev–Trinajstić information content (AvgIpc) is 2.84. The van der Waals surface area contributed by atoms with Crippen molar-refractivity contribution < 1.29 is 4.79 Å². The third-order valence-electron chi connectivity index (χ3n) is 4.72. The summed E-state index contributed by atoms with van der Waals surface area (Å²) in [6.45, 7) is 5.59. The molecule has 1 saturated heterocycles. The predicted molar refractivity (Wildman–Crippen MR) is 73.2 cm³/mol. The summed E-state index contributed by atoms with van der Waals surface area (Å²) >= 11 is 0. The molecule has 1 heterocycles. The van der Waals surface area contributed by atoms with E-state index in [4.69, 9.17) is 5.73 Å². The molecule has 2 aliphatic rings. The van der Waals surface area contributed by atoms with Crippen LogP contribution in [0.15, 0.2) is 0 Å². The molecule has 0 bridgehead atoms. The molecule has 1 amide bonds. The van der Waals surface area contributed by atoms with Crippen molar-refractivity contribution in [1.29, 1.82) is 0 Å². The van der Waals surface area contributed by atoms with Crippen LogP contribution in [0, 0.1) is 5.92 Å². The van der Waals surface area contributed by atoms with Crippen molar-refractivity contribution in [2.24, 2.45) is 11.7 Å². The lowest BCUT2D eigenvalue weighted by Crippen LogP contribution is -2.47. The van der Waals surface area contributed by atoms with Crippen LogP contribution in [-0.2, 0) is 4.79 Å². The molecule has 2 unspecified atom stereocenters. The van der Waals surface area contributed by atoms with Crippen molar-refractivity contribution in [3.8, 4) is 0 Å². The lowest BCUT2D eigenvalue weighted by atomic mass is 10.00. The number of amides is 1. The molecule has 1 aliphatic carbocycles. The number of piperidine rings is 1. The van der Waals surface area contributed by atoms with Crippen molar-refractivity contribution in [3.63, 3.8) is 0 Å².